The lowest BCUT2D eigenvalue weighted by atomic mass is 9.90. The molecule has 2 aliphatic carbocycles. The van der Waals surface area contributed by atoms with Crippen molar-refractivity contribution in [3.63, 3.8) is 0 Å². The summed E-state index contributed by atoms with van der Waals surface area (Å²) >= 11 is 0. The van der Waals surface area contributed by atoms with Crippen molar-refractivity contribution in [3.8, 4) is 5.75 Å². The topological polar surface area (TPSA) is 58.6 Å². The summed E-state index contributed by atoms with van der Waals surface area (Å²) in [6.45, 7) is 2.01. The number of hydrogen-bond acceptors (Lipinski definition) is 3. The first-order valence-corrected chi connectivity index (χ1v) is 8.19. The number of aryl methyl sites for hydroxylation is 1. The predicted octanol–water partition coefficient (Wildman–Crippen LogP) is 2.45. The van der Waals surface area contributed by atoms with Gasteiger partial charge in [-0.2, -0.15) is 0 Å². The van der Waals surface area contributed by atoms with E-state index in [9.17, 15) is 9.90 Å². The molecule has 0 unspecified atom stereocenters. The summed E-state index contributed by atoms with van der Waals surface area (Å²) in [4.78, 5) is 12.7. The summed E-state index contributed by atoms with van der Waals surface area (Å²) in [5, 5.41) is 12.8. The van der Waals surface area contributed by atoms with Gasteiger partial charge in [0.1, 0.15) is 5.75 Å². The van der Waals surface area contributed by atoms with Crippen molar-refractivity contribution in [1.82, 2.24) is 5.32 Å². The van der Waals surface area contributed by atoms with Crippen molar-refractivity contribution in [2.45, 2.75) is 63.0 Å². The van der Waals surface area contributed by atoms with Crippen molar-refractivity contribution in [3.05, 3.63) is 29.3 Å². The van der Waals surface area contributed by atoms with Crippen LogP contribution in [0.25, 0.3) is 0 Å². The van der Waals surface area contributed by atoms with Gasteiger partial charge < -0.3 is 15.2 Å². The van der Waals surface area contributed by atoms with Crippen molar-refractivity contribution in [2.24, 2.45) is 0 Å². The Morgan fingerprint density at radius 2 is 1.95 bits per heavy atom. The predicted molar refractivity (Wildman–Crippen MR) is 85.0 cm³/mol. The monoisotopic (exact) mass is 303 g/mol. The number of ether oxygens (including phenoxy) is 1. The van der Waals surface area contributed by atoms with E-state index in [2.05, 4.69) is 11.4 Å². The molecule has 2 N–H and O–H groups in total. The standard InChI is InChI=1S/C18H25NO3/c1-12-3-4-13(11-16(12)22-2)18(9-10-18)17(21)19-14-5-7-15(20)8-6-14/h3-4,11,14-15,20H,5-10H2,1-2H3,(H,19,21). The van der Waals surface area contributed by atoms with E-state index < -0.39 is 0 Å². The molecule has 2 aliphatic rings. The molecule has 0 bridgehead atoms. The molecule has 0 heterocycles. The first-order chi connectivity index (χ1) is 10.5. The molecule has 1 aromatic rings. The molecule has 3 rings (SSSR count). The smallest absolute Gasteiger partial charge is 0.230 e. The van der Waals surface area contributed by atoms with E-state index in [0.717, 1.165) is 55.4 Å². The number of aliphatic hydroxyl groups excluding tert-OH is 1. The van der Waals surface area contributed by atoms with E-state index in [1.807, 2.05) is 19.1 Å². The zero-order valence-corrected chi connectivity index (χ0v) is 13.4. The SMILES string of the molecule is COc1cc(C2(C(=O)NC3CCC(O)CC3)CC2)ccc1C. The molecule has 1 amide bonds. The Morgan fingerprint density at radius 1 is 1.27 bits per heavy atom. The maximum absolute atomic E-state index is 12.7. The highest BCUT2D eigenvalue weighted by atomic mass is 16.5. The van der Waals surface area contributed by atoms with Crippen LogP contribution >= 0.6 is 0 Å². The second kappa shape index (κ2) is 5.92. The molecule has 2 fully saturated rings. The number of aliphatic hydroxyl groups is 1. The molecular weight excluding hydrogens is 278 g/mol. The minimum Gasteiger partial charge on any atom is -0.496 e. The summed E-state index contributed by atoms with van der Waals surface area (Å²) in [7, 11) is 1.67. The molecule has 4 heteroatoms. The highest BCUT2D eigenvalue weighted by Crippen LogP contribution is 2.49. The summed E-state index contributed by atoms with van der Waals surface area (Å²) in [5.74, 6) is 0.983. The van der Waals surface area contributed by atoms with Gasteiger partial charge in [0.05, 0.1) is 18.6 Å². The summed E-state index contributed by atoms with van der Waals surface area (Å²) in [5.41, 5.74) is 1.78. The number of amides is 1. The van der Waals surface area contributed by atoms with Gasteiger partial charge in [0.25, 0.3) is 0 Å². The van der Waals surface area contributed by atoms with E-state index in [0.29, 0.717) is 0 Å². The summed E-state index contributed by atoms with van der Waals surface area (Å²) in [6.07, 6.45) is 4.94. The lowest BCUT2D eigenvalue weighted by Crippen LogP contribution is -2.43. The molecule has 0 aliphatic heterocycles. The average molecular weight is 303 g/mol. The van der Waals surface area contributed by atoms with Crippen LogP contribution in [0, 0.1) is 6.92 Å². The Morgan fingerprint density at radius 3 is 2.55 bits per heavy atom. The summed E-state index contributed by atoms with van der Waals surface area (Å²) < 4.78 is 5.39. The molecule has 1 aromatic carbocycles. The van der Waals surface area contributed by atoms with Gasteiger partial charge in [-0.1, -0.05) is 12.1 Å². The van der Waals surface area contributed by atoms with Crippen LogP contribution in [0.4, 0.5) is 0 Å². The van der Waals surface area contributed by atoms with E-state index in [4.69, 9.17) is 4.74 Å². The quantitative estimate of drug-likeness (QED) is 0.898. The zero-order chi connectivity index (χ0) is 15.7. The number of carbonyl (C=O) groups is 1. The Kier molecular flexibility index (Phi) is 4.13. The van der Waals surface area contributed by atoms with Crippen molar-refractivity contribution in [2.75, 3.05) is 7.11 Å². The van der Waals surface area contributed by atoms with Crippen LogP contribution < -0.4 is 10.1 Å². The average Bonchev–Trinajstić information content (AvgIpc) is 3.32. The second-order valence-electron chi connectivity index (χ2n) is 6.75. The number of methoxy groups -OCH3 is 1. The Hall–Kier alpha value is -1.55. The van der Waals surface area contributed by atoms with Gasteiger partial charge in [-0.15, -0.1) is 0 Å². The number of nitrogens with one attached hydrogen (secondary N) is 1. The van der Waals surface area contributed by atoms with Crippen LogP contribution in [0.5, 0.6) is 5.75 Å². The van der Waals surface area contributed by atoms with Crippen LogP contribution in [0.15, 0.2) is 18.2 Å². The van der Waals surface area contributed by atoms with Gasteiger partial charge in [0, 0.05) is 6.04 Å². The molecule has 4 nitrogen and oxygen atoms in total. The first-order valence-electron chi connectivity index (χ1n) is 8.19. The molecular formula is C18H25NO3. The molecule has 0 spiro atoms. The van der Waals surface area contributed by atoms with E-state index >= 15 is 0 Å². The number of rotatable bonds is 4. The van der Waals surface area contributed by atoms with E-state index in [1.165, 1.54) is 0 Å². The van der Waals surface area contributed by atoms with Gasteiger partial charge in [-0.05, 0) is 62.6 Å². The van der Waals surface area contributed by atoms with Crippen LogP contribution in [-0.4, -0.2) is 30.3 Å². The third-order valence-electron chi connectivity index (χ3n) is 5.18. The van der Waals surface area contributed by atoms with Gasteiger partial charge in [0.2, 0.25) is 5.91 Å². The molecule has 0 atom stereocenters. The molecule has 120 valence electrons. The largest absolute Gasteiger partial charge is 0.496 e. The van der Waals surface area contributed by atoms with Crippen molar-refractivity contribution in [1.29, 1.82) is 0 Å². The van der Waals surface area contributed by atoms with Crippen LogP contribution in [0.3, 0.4) is 0 Å². The van der Waals surface area contributed by atoms with Gasteiger partial charge in [-0.3, -0.25) is 4.79 Å². The Labute approximate surface area is 131 Å². The maximum Gasteiger partial charge on any atom is 0.230 e. The third kappa shape index (κ3) is 2.84. The van der Waals surface area contributed by atoms with E-state index in [1.54, 1.807) is 7.11 Å². The van der Waals surface area contributed by atoms with Crippen molar-refractivity contribution >= 4 is 5.91 Å². The van der Waals surface area contributed by atoms with Crippen molar-refractivity contribution < 1.29 is 14.6 Å². The number of hydrogen-bond donors (Lipinski definition) is 2. The fourth-order valence-electron chi connectivity index (χ4n) is 3.43. The fourth-order valence-corrected chi connectivity index (χ4v) is 3.43. The lowest BCUT2D eigenvalue weighted by molar-refractivity contribution is -0.124. The first kappa shape index (κ1) is 15.3. The molecule has 0 saturated heterocycles. The highest BCUT2D eigenvalue weighted by Gasteiger charge is 2.51. The van der Waals surface area contributed by atoms with Crippen LogP contribution in [0.1, 0.15) is 49.7 Å². The number of carbonyl (C=O) groups excluding carboxylic acids is 1. The Bertz CT molecular complexity index is 557. The summed E-state index contributed by atoms with van der Waals surface area (Å²) in [6, 6.07) is 6.29. The maximum atomic E-state index is 12.7. The molecule has 0 aromatic heterocycles. The minimum absolute atomic E-state index is 0.139. The third-order valence-corrected chi connectivity index (χ3v) is 5.18. The van der Waals surface area contributed by atoms with Gasteiger partial charge in [-0.25, -0.2) is 0 Å². The lowest BCUT2D eigenvalue weighted by Gasteiger charge is -2.28. The highest BCUT2D eigenvalue weighted by molar-refractivity contribution is 5.91. The van der Waals surface area contributed by atoms with Crippen LogP contribution in [-0.2, 0) is 10.2 Å². The normalized spacial score (nSPS) is 26.3. The van der Waals surface area contributed by atoms with Gasteiger partial charge in [0.15, 0.2) is 0 Å². The molecule has 22 heavy (non-hydrogen) atoms. The van der Waals surface area contributed by atoms with E-state index in [-0.39, 0.29) is 23.5 Å². The fraction of sp³-hybridized carbons (Fsp3) is 0.611. The number of benzene rings is 1. The zero-order valence-electron chi connectivity index (χ0n) is 13.4. The van der Waals surface area contributed by atoms with Crippen LogP contribution in [0.2, 0.25) is 0 Å². The Balaban J connectivity index is 1.71. The second-order valence-corrected chi connectivity index (χ2v) is 6.75. The molecule has 2 saturated carbocycles. The minimum atomic E-state index is -0.364. The van der Waals surface area contributed by atoms with Gasteiger partial charge >= 0.3 is 0 Å². The molecule has 0 radical (unpaired) electrons.